The minimum absolute atomic E-state index is 0.0867. The van der Waals surface area contributed by atoms with Gasteiger partial charge < -0.3 is 19.5 Å². The monoisotopic (exact) mass is 347 g/mol. The number of urea groups is 1. The van der Waals surface area contributed by atoms with Crippen LogP contribution in [0, 0.1) is 0 Å². The van der Waals surface area contributed by atoms with E-state index in [1.807, 2.05) is 28.6 Å². The Kier molecular flexibility index (Phi) is 5.20. The van der Waals surface area contributed by atoms with Gasteiger partial charge in [0.1, 0.15) is 6.04 Å². The van der Waals surface area contributed by atoms with E-state index in [9.17, 15) is 9.59 Å². The highest BCUT2D eigenvalue weighted by atomic mass is 32.1. The number of ether oxygens (including phenoxy) is 1. The van der Waals surface area contributed by atoms with Crippen molar-refractivity contribution in [1.82, 2.24) is 14.8 Å². The molecule has 0 bridgehead atoms. The number of nitrogens with zero attached hydrogens (tertiary/aromatic N) is 2. The molecule has 1 atom stereocenters. The van der Waals surface area contributed by atoms with Crippen molar-refractivity contribution >= 4 is 23.3 Å². The zero-order valence-electron chi connectivity index (χ0n) is 13.6. The molecule has 24 heavy (non-hydrogen) atoms. The molecule has 6 nitrogen and oxygen atoms in total. The second kappa shape index (κ2) is 7.53. The fraction of sp³-hybridized carbons (Fsp3) is 0.412. The maximum absolute atomic E-state index is 12.6. The molecule has 128 valence electrons. The highest BCUT2D eigenvalue weighted by Crippen LogP contribution is 2.34. The van der Waals surface area contributed by atoms with Crippen LogP contribution in [0.3, 0.4) is 0 Å². The molecule has 0 fully saturated rings. The van der Waals surface area contributed by atoms with E-state index < -0.39 is 0 Å². The van der Waals surface area contributed by atoms with Crippen molar-refractivity contribution in [3.63, 3.8) is 0 Å². The van der Waals surface area contributed by atoms with Crippen LogP contribution in [-0.2, 0) is 16.1 Å². The Morgan fingerprint density at radius 3 is 2.96 bits per heavy atom. The normalized spacial score (nSPS) is 16.5. The number of rotatable bonds is 5. The molecule has 0 radical (unpaired) electrons. The molecule has 3 heterocycles. The third kappa shape index (κ3) is 3.46. The highest BCUT2D eigenvalue weighted by molar-refractivity contribution is 7.10. The fourth-order valence-corrected chi connectivity index (χ4v) is 3.80. The van der Waals surface area contributed by atoms with Crippen molar-refractivity contribution in [3.8, 4) is 0 Å². The summed E-state index contributed by atoms with van der Waals surface area (Å²) < 4.78 is 7.07. The molecule has 0 aromatic carbocycles. The van der Waals surface area contributed by atoms with Crippen molar-refractivity contribution in [2.45, 2.75) is 25.9 Å². The van der Waals surface area contributed by atoms with Crippen molar-refractivity contribution in [2.24, 2.45) is 0 Å². The van der Waals surface area contributed by atoms with E-state index in [0.717, 1.165) is 17.1 Å². The van der Waals surface area contributed by atoms with Gasteiger partial charge in [-0.2, -0.15) is 0 Å². The van der Waals surface area contributed by atoms with Gasteiger partial charge in [0.05, 0.1) is 13.0 Å². The second-order valence-corrected chi connectivity index (χ2v) is 6.50. The third-order valence-corrected chi connectivity index (χ3v) is 4.95. The molecule has 2 aromatic rings. The first kappa shape index (κ1) is 16.6. The zero-order valence-corrected chi connectivity index (χ0v) is 14.4. The first-order valence-electron chi connectivity index (χ1n) is 8.09. The lowest BCUT2D eigenvalue weighted by molar-refractivity contribution is -0.142. The zero-order chi connectivity index (χ0) is 16.9. The molecule has 2 aromatic heterocycles. The van der Waals surface area contributed by atoms with Crippen LogP contribution in [0.15, 0.2) is 35.8 Å². The molecule has 0 aliphatic carbocycles. The maximum Gasteiger partial charge on any atom is 0.318 e. The summed E-state index contributed by atoms with van der Waals surface area (Å²) in [6.07, 6.45) is 2.24. The molecule has 3 rings (SSSR count). The van der Waals surface area contributed by atoms with Crippen LogP contribution in [-0.4, -0.2) is 41.2 Å². The van der Waals surface area contributed by atoms with Crippen LogP contribution >= 0.6 is 11.3 Å². The molecule has 0 saturated heterocycles. The van der Waals surface area contributed by atoms with Crippen LogP contribution in [0.25, 0.3) is 0 Å². The van der Waals surface area contributed by atoms with Crippen molar-refractivity contribution in [3.05, 3.63) is 46.4 Å². The smallest absolute Gasteiger partial charge is 0.318 e. The van der Waals surface area contributed by atoms with Crippen LogP contribution < -0.4 is 5.32 Å². The fourth-order valence-electron chi connectivity index (χ4n) is 2.95. The van der Waals surface area contributed by atoms with E-state index in [1.54, 1.807) is 18.3 Å². The number of thiophene rings is 1. The summed E-state index contributed by atoms with van der Waals surface area (Å²) in [5.41, 5.74) is 1.12. The van der Waals surface area contributed by atoms with Crippen molar-refractivity contribution in [1.29, 1.82) is 0 Å². The largest absolute Gasteiger partial charge is 0.466 e. The lowest BCUT2D eigenvalue weighted by atomic mass is 10.1. The summed E-state index contributed by atoms with van der Waals surface area (Å²) in [6.45, 7) is 3.82. The first-order chi connectivity index (χ1) is 11.7. The summed E-state index contributed by atoms with van der Waals surface area (Å²) in [7, 11) is 0. The summed E-state index contributed by atoms with van der Waals surface area (Å²) in [6, 6.07) is 7.89. The van der Waals surface area contributed by atoms with E-state index in [2.05, 4.69) is 22.0 Å². The Morgan fingerprint density at radius 1 is 1.33 bits per heavy atom. The number of amides is 2. The molecule has 7 heteroatoms. The standard InChI is InChI=1S/C17H21N3O3S/c1-2-23-15(21)7-8-18-17(22)20-11-10-19-9-3-5-13(19)16(20)14-6-4-12-24-14/h3-6,9,12,16H,2,7-8,10-11H2,1H3,(H,18,22)/t16-/m0/s1. The second-order valence-electron chi connectivity index (χ2n) is 5.52. The summed E-state index contributed by atoms with van der Waals surface area (Å²) in [5, 5.41) is 4.86. The summed E-state index contributed by atoms with van der Waals surface area (Å²) in [5.74, 6) is -0.292. The molecular weight excluding hydrogens is 326 g/mol. The topological polar surface area (TPSA) is 63.6 Å². The van der Waals surface area contributed by atoms with Gasteiger partial charge in [-0.1, -0.05) is 6.07 Å². The Labute approximate surface area is 145 Å². The van der Waals surface area contributed by atoms with E-state index in [1.165, 1.54) is 0 Å². The molecule has 0 unspecified atom stereocenters. The van der Waals surface area contributed by atoms with Crippen molar-refractivity contribution < 1.29 is 14.3 Å². The predicted molar refractivity (Wildman–Crippen MR) is 91.9 cm³/mol. The Morgan fingerprint density at radius 2 is 2.21 bits per heavy atom. The van der Waals surface area contributed by atoms with E-state index in [4.69, 9.17) is 4.74 Å². The average Bonchev–Trinajstić information content (AvgIpc) is 3.25. The number of carbonyl (C=O) groups excluding carboxylic acids is 2. The molecule has 1 aliphatic heterocycles. The van der Waals surface area contributed by atoms with Gasteiger partial charge in [-0.3, -0.25) is 4.79 Å². The maximum atomic E-state index is 12.6. The first-order valence-corrected chi connectivity index (χ1v) is 8.97. The quantitative estimate of drug-likeness (QED) is 0.846. The number of hydrogen-bond donors (Lipinski definition) is 1. The number of fused-ring (bicyclic) bond motifs is 1. The number of hydrogen-bond acceptors (Lipinski definition) is 4. The number of carbonyl (C=O) groups is 2. The van der Waals surface area contributed by atoms with Gasteiger partial charge in [0, 0.05) is 36.4 Å². The van der Waals surface area contributed by atoms with Crippen molar-refractivity contribution in [2.75, 3.05) is 19.7 Å². The molecule has 2 amide bonds. The van der Waals surface area contributed by atoms with Gasteiger partial charge in [-0.25, -0.2) is 4.79 Å². The van der Waals surface area contributed by atoms with E-state index >= 15 is 0 Å². The van der Waals surface area contributed by atoms with Gasteiger partial charge in [0.2, 0.25) is 0 Å². The predicted octanol–water partition coefficient (Wildman–Crippen LogP) is 2.62. The van der Waals surface area contributed by atoms with Crippen LogP contribution in [0.1, 0.15) is 30.0 Å². The van der Waals surface area contributed by atoms with Gasteiger partial charge >= 0.3 is 12.0 Å². The summed E-state index contributed by atoms with van der Waals surface area (Å²) >= 11 is 1.64. The van der Waals surface area contributed by atoms with Crippen LogP contribution in [0.2, 0.25) is 0 Å². The molecular formula is C17H21N3O3S. The Hall–Kier alpha value is -2.28. The number of nitrogens with one attached hydrogen (secondary N) is 1. The average molecular weight is 347 g/mol. The molecule has 1 aliphatic rings. The minimum Gasteiger partial charge on any atom is -0.466 e. The lowest BCUT2D eigenvalue weighted by Gasteiger charge is -2.36. The van der Waals surface area contributed by atoms with Crippen LogP contribution in [0.4, 0.5) is 4.79 Å². The number of aromatic nitrogens is 1. The third-order valence-electron chi connectivity index (χ3n) is 4.02. The van der Waals surface area contributed by atoms with E-state index in [-0.39, 0.29) is 31.0 Å². The van der Waals surface area contributed by atoms with Gasteiger partial charge in [0.15, 0.2) is 0 Å². The Balaban J connectivity index is 1.70. The highest BCUT2D eigenvalue weighted by Gasteiger charge is 2.32. The lowest BCUT2D eigenvalue weighted by Crippen LogP contribution is -2.47. The SMILES string of the molecule is CCOC(=O)CCNC(=O)N1CCn2cccc2[C@H]1c1cccs1. The molecule has 0 saturated carbocycles. The summed E-state index contributed by atoms with van der Waals surface area (Å²) in [4.78, 5) is 27.0. The minimum atomic E-state index is -0.292. The molecule has 0 spiro atoms. The van der Waals surface area contributed by atoms with Crippen LogP contribution in [0.5, 0.6) is 0 Å². The number of esters is 1. The van der Waals surface area contributed by atoms with Gasteiger partial charge in [0.25, 0.3) is 0 Å². The van der Waals surface area contributed by atoms with Gasteiger partial charge in [-0.05, 0) is 30.5 Å². The molecule has 1 N–H and O–H groups in total. The van der Waals surface area contributed by atoms with E-state index in [0.29, 0.717) is 13.2 Å². The van der Waals surface area contributed by atoms with Gasteiger partial charge in [-0.15, -0.1) is 11.3 Å². The Bertz CT molecular complexity index is 696.